The molecule has 1 aromatic carbocycles. The molecule has 1 heterocycles. The van der Waals surface area contributed by atoms with Crippen molar-refractivity contribution in [1.82, 2.24) is 9.47 Å². The van der Waals surface area contributed by atoms with Gasteiger partial charge in [-0.3, -0.25) is 9.36 Å². The fourth-order valence-corrected chi connectivity index (χ4v) is 2.54. The molecule has 0 saturated heterocycles. The van der Waals surface area contributed by atoms with Gasteiger partial charge in [-0.15, -0.1) is 0 Å². The third-order valence-electron chi connectivity index (χ3n) is 3.80. The third-order valence-corrected chi connectivity index (χ3v) is 3.80. The monoisotopic (exact) mass is 273 g/mol. The van der Waals surface area contributed by atoms with E-state index in [2.05, 4.69) is 18.7 Å². The Bertz CT molecular complexity index is 629. The van der Waals surface area contributed by atoms with Crippen LogP contribution in [0.3, 0.4) is 0 Å². The molecule has 4 nitrogen and oxygen atoms in total. The zero-order valence-corrected chi connectivity index (χ0v) is 12.3. The summed E-state index contributed by atoms with van der Waals surface area (Å²) in [5, 5.41) is 1.65. The van der Waals surface area contributed by atoms with Crippen LogP contribution >= 0.6 is 0 Å². The Morgan fingerprint density at radius 2 is 1.90 bits per heavy atom. The first-order chi connectivity index (χ1) is 9.67. The number of benzene rings is 1. The standard InChI is InChI=1S/C16H23N3O/c1-3-18(4-2)10-7-11-19-15(17)12-13-8-5-6-9-14(13)16(19)20/h5-6,8-9,12H,3-4,7,10-11,17H2,1-2H3. The molecule has 2 N–H and O–H groups in total. The summed E-state index contributed by atoms with van der Waals surface area (Å²) in [5.41, 5.74) is 6.03. The third kappa shape index (κ3) is 3.02. The van der Waals surface area contributed by atoms with Crippen molar-refractivity contribution in [3.05, 3.63) is 40.7 Å². The van der Waals surface area contributed by atoms with Gasteiger partial charge in [0.2, 0.25) is 0 Å². The van der Waals surface area contributed by atoms with Crippen LogP contribution in [-0.4, -0.2) is 29.1 Å². The van der Waals surface area contributed by atoms with Crippen LogP contribution < -0.4 is 11.3 Å². The minimum atomic E-state index is 0.0140. The maximum Gasteiger partial charge on any atom is 0.259 e. The lowest BCUT2D eigenvalue weighted by Crippen LogP contribution is -2.28. The molecule has 0 saturated carbocycles. The van der Waals surface area contributed by atoms with Crippen LogP contribution in [0, 0.1) is 0 Å². The summed E-state index contributed by atoms with van der Waals surface area (Å²) in [7, 11) is 0. The number of nitrogens with zero attached hydrogens (tertiary/aromatic N) is 2. The van der Waals surface area contributed by atoms with Gasteiger partial charge < -0.3 is 10.6 Å². The Morgan fingerprint density at radius 3 is 2.60 bits per heavy atom. The topological polar surface area (TPSA) is 51.3 Å². The van der Waals surface area contributed by atoms with E-state index in [0.717, 1.165) is 36.8 Å². The summed E-state index contributed by atoms with van der Waals surface area (Å²) in [6.07, 6.45) is 0.935. The van der Waals surface area contributed by atoms with Crippen molar-refractivity contribution in [1.29, 1.82) is 0 Å². The van der Waals surface area contributed by atoms with Crippen molar-refractivity contribution in [2.24, 2.45) is 0 Å². The van der Waals surface area contributed by atoms with Gasteiger partial charge in [0.05, 0.1) is 0 Å². The van der Waals surface area contributed by atoms with Crippen molar-refractivity contribution in [3.63, 3.8) is 0 Å². The summed E-state index contributed by atoms with van der Waals surface area (Å²) in [4.78, 5) is 14.8. The number of hydrogen-bond donors (Lipinski definition) is 1. The number of pyridine rings is 1. The summed E-state index contributed by atoms with van der Waals surface area (Å²) in [6, 6.07) is 9.48. The van der Waals surface area contributed by atoms with Gasteiger partial charge in [0.25, 0.3) is 5.56 Å². The predicted octanol–water partition coefficient (Wildman–Crippen LogP) is 2.32. The average Bonchev–Trinajstić information content (AvgIpc) is 2.46. The maximum absolute atomic E-state index is 12.4. The number of hydrogen-bond acceptors (Lipinski definition) is 3. The van der Waals surface area contributed by atoms with Gasteiger partial charge >= 0.3 is 0 Å². The number of fused-ring (bicyclic) bond motifs is 1. The van der Waals surface area contributed by atoms with Crippen LogP contribution in [-0.2, 0) is 6.54 Å². The first kappa shape index (κ1) is 14.6. The molecule has 0 atom stereocenters. The highest BCUT2D eigenvalue weighted by Crippen LogP contribution is 2.13. The van der Waals surface area contributed by atoms with Crippen LogP contribution in [0.5, 0.6) is 0 Å². The molecule has 0 fully saturated rings. The van der Waals surface area contributed by atoms with E-state index in [1.807, 2.05) is 30.3 Å². The molecule has 0 amide bonds. The first-order valence-electron chi connectivity index (χ1n) is 7.27. The molecule has 108 valence electrons. The zero-order valence-electron chi connectivity index (χ0n) is 12.3. The Kier molecular flexibility index (Phi) is 4.79. The molecular formula is C16H23N3O. The lowest BCUT2D eigenvalue weighted by Gasteiger charge is -2.18. The van der Waals surface area contributed by atoms with Crippen LogP contribution in [0.1, 0.15) is 20.3 Å². The summed E-state index contributed by atoms with van der Waals surface area (Å²) in [5.74, 6) is 0.549. The van der Waals surface area contributed by atoms with Crippen LogP contribution in [0.15, 0.2) is 35.1 Å². The largest absolute Gasteiger partial charge is 0.385 e. The van der Waals surface area contributed by atoms with Crippen LogP contribution in [0.25, 0.3) is 10.8 Å². The summed E-state index contributed by atoms with van der Waals surface area (Å²) >= 11 is 0. The number of rotatable bonds is 6. The SMILES string of the molecule is CCN(CC)CCCn1c(N)cc2ccccc2c1=O. The van der Waals surface area contributed by atoms with E-state index < -0.39 is 0 Å². The van der Waals surface area contributed by atoms with Crippen LogP contribution in [0.4, 0.5) is 5.82 Å². The quantitative estimate of drug-likeness (QED) is 0.878. The van der Waals surface area contributed by atoms with Crippen molar-refractivity contribution < 1.29 is 0 Å². The van der Waals surface area contributed by atoms with E-state index in [1.54, 1.807) is 4.57 Å². The molecule has 1 aromatic heterocycles. The van der Waals surface area contributed by atoms with E-state index >= 15 is 0 Å². The van der Waals surface area contributed by atoms with Crippen molar-refractivity contribution in [3.8, 4) is 0 Å². The van der Waals surface area contributed by atoms with E-state index in [0.29, 0.717) is 12.4 Å². The van der Waals surface area contributed by atoms with E-state index in [1.165, 1.54) is 0 Å². The predicted molar refractivity (Wildman–Crippen MR) is 85.0 cm³/mol. The molecular weight excluding hydrogens is 250 g/mol. The van der Waals surface area contributed by atoms with E-state index in [4.69, 9.17) is 5.73 Å². The lowest BCUT2D eigenvalue weighted by atomic mass is 10.1. The molecule has 0 bridgehead atoms. The summed E-state index contributed by atoms with van der Waals surface area (Å²) in [6.45, 7) is 8.05. The van der Waals surface area contributed by atoms with Crippen molar-refractivity contribution in [2.75, 3.05) is 25.4 Å². The molecule has 2 aromatic rings. The van der Waals surface area contributed by atoms with Gasteiger partial charge in [0, 0.05) is 11.9 Å². The number of nitrogens with two attached hydrogens (primary N) is 1. The average molecular weight is 273 g/mol. The van der Waals surface area contributed by atoms with Gasteiger partial charge in [-0.2, -0.15) is 0 Å². The minimum Gasteiger partial charge on any atom is -0.385 e. The minimum absolute atomic E-state index is 0.0140. The normalized spacial score (nSPS) is 11.3. The van der Waals surface area contributed by atoms with E-state index in [-0.39, 0.29) is 5.56 Å². The molecule has 0 aliphatic heterocycles. The Labute approximate surface area is 119 Å². The molecule has 0 aliphatic carbocycles. The smallest absolute Gasteiger partial charge is 0.259 e. The van der Waals surface area contributed by atoms with Gasteiger partial charge in [-0.25, -0.2) is 0 Å². The molecule has 2 rings (SSSR count). The fraction of sp³-hybridized carbons (Fsp3) is 0.438. The second kappa shape index (κ2) is 6.57. The number of anilines is 1. The molecule has 0 aliphatic rings. The second-order valence-corrected chi connectivity index (χ2v) is 4.99. The van der Waals surface area contributed by atoms with Gasteiger partial charge in [0.1, 0.15) is 5.82 Å². The highest BCUT2D eigenvalue weighted by molar-refractivity contribution is 5.83. The number of aromatic nitrogens is 1. The summed E-state index contributed by atoms with van der Waals surface area (Å²) < 4.78 is 1.69. The van der Waals surface area contributed by atoms with Crippen molar-refractivity contribution in [2.45, 2.75) is 26.8 Å². The van der Waals surface area contributed by atoms with Gasteiger partial charge in [-0.05, 0) is 43.6 Å². The van der Waals surface area contributed by atoms with E-state index in [9.17, 15) is 4.79 Å². The highest BCUT2D eigenvalue weighted by Gasteiger charge is 2.07. The lowest BCUT2D eigenvalue weighted by molar-refractivity contribution is 0.293. The molecule has 0 spiro atoms. The fourth-order valence-electron chi connectivity index (χ4n) is 2.54. The van der Waals surface area contributed by atoms with Gasteiger partial charge in [-0.1, -0.05) is 32.0 Å². The Hall–Kier alpha value is -1.81. The Morgan fingerprint density at radius 1 is 1.20 bits per heavy atom. The molecule has 0 unspecified atom stereocenters. The molecule has 20 heavy (non-hydrogen) atoms. The Balaban J connectivity index is 2.20. The van der Waals surface area contributed by atoms with Crippen LogP contribution in [0.2, 0.25) is 0 Å². The number of nitrogen functional groups attached to an aromatic ring is 1. The van der Waals surface area contributed by atoms with Crippen molar-refractivity contribution >= 4 is 16.6 Å². The molecule has 4 heteroatoms. The second-order valence-electron chi connectivity index (χ2n) is 4.99. The zero-order chi connectivity index (χ0) is 14.5. The molecule has 0 radical (unpaired) electrons. The van der Waals surface area contributed by atoms with Gasteiger partial charge in [0.15, 0.2) is 0 Å². The maximum atomic E-state index is 12.4. The first-order valence-corrected chi connectivity index (χ1v) is 7.27. The highest BCUT2D eigenvalue weighted by atomic mass is 16.1.